The van der Waals surface area contributed by atoms with Crippen LogP contribution in [0.1, 0.15) is 23.1 Å². The summed E-state index contributed by atoms with van der Waals surface area (Å²) in [6, 6.07) is 4.13. The average Bonchev–Trinajstić information content (AvgIpc) is 2.96. The lowest BCUT2D eigenvalue weighted by molar-refractivity contribution is 0.561. The van der Waals surface area contributed by atoms with E-state index in [4.69, 9.17) is 8.83 Å². The molecule has 0 N–H and O–H groups in total. The second-order valence-corrected chi connectivity index (χ2v) is 4.95. The van der Waals surface area contributed by atoms with Crippen LogP contribution < -0.4 is 5.63 Å². The molecule has 90 valence electrons. The molecule has 2 aromatic heterocycles. The van der Waals surface area contributed by atoms with E-state index in [0.29, 0.717) is 11.0 Å². The van der Waals surface area contributed by atoms with Crippen LogP contribution in [0, 0.1) is 6.92 Å². The number of fused-ring (bicyclic) bond motifs is 5. The molecule has 0 aliphatic heterocycles. The fraction of sp³-hybridized carbons (Fsp3) is 0.267. The Morgan fingerprint density at radius 2 is 2.06 bits per heavy atom. The maximum atomic E-state index is 12.0. The zero-order chi connectivity index (χ0) is 12.3. The van der Waals surface area contributed by atoms with E-state index in [9.17, 15) is 4.79 Å². The molecule has 0 unspecified atom stereocenters. The van der Waals surface area contributed by atoms with Gasteiger partial charge in [-0.1, -0.05) is 6.07 Å². The highest BCUT2D eigenvalue weighted by atomic mass is 16.4. The van der Waals surface area contributed by atoms with Crippen molar-refractivity contribution in [3.8, 4) is 0 Å². The summed E-state index contributed by atoms with van der Waals surface area (Å²) in [7, 11) is 0. The van der Waals surface area contributed by atoms with Gasteiger partial charge in [-0.3, -0.25) is 0 Å². The Morgan fingerprint density at radius 3 is 2.94 bits per heavy atom. The van der Waals surface area contributed by atoms with Gasteiger partial charge in [0.2, 0.25) is 0 Å². The molecule has 3 aromatic rings. The molecule has 4 rings (SSSR count). The first kappa shape index (κ1) is 9.95. The van der Waals surface area contributed by atoms with Crippen LogP contribution in [0.15, 0.2) is 32.0 Å². The summed E-state index contributed by atoms with van der Waals surface area (Å²) >= 11 is 0. The Hall–Kier alpha value is -2.03. The number of hydrogen-bond acceptors (Lipinski definition) is 3. The summed E-state index contributed by atoms with van der Waals surface area (Å²) < 4.78 is 11.1. The highest BCUT2D eigenvalue weighted by Crippen LogP contribution is 2.33. The predicted molar refractivity (Wildman–Crippen MR) is 69.0 cm³/mol. The molecule has 0 atom stereocenters. The van der Waals surface area contributed by atoms with Crippen molar-refractivity contribution in [3.63, 3.8) is 0 Å². The fourth-order valence-electron chi connectivity index (χ4n) is 2.97. The molecule has 1 aliphatic carbocycles. The quantitative estimate of drug-likeness (QED) is 0.566. The Morgan fingerprint density at radius 1 is 1.17 bits per heavy atom. The van der Waals surface area contributed by atoms with Crippen molar-refractivity contribution in [2.75, 3.05) is 0 Å². The van der Waals surface area contributed by atoms with Gasteiger partial charge in [-0.2, -0.15) is 0 Å². The van der Waals surface area contributed by atoms with E-state index in [-0.39, 0.29) is 5.63 Å². The first-order valence-electron chi connectivity index (χ1n) is 6.21. The minimum atomic E-state index is -0.288. The van der Waals surface area contributed by atoms with Crippen molar-refractivity contribution in [2.24, 2.45) is 0 Å². The van der Waals surface area contributed by atoms with Gasteiger partial charge in [-0.15, -0.1) is 0 Å². The Balaban J connectivity index is 2.29. The third-order valence-corrected chi connectivity index (χ3v) is 3.85. The van der Waals surface area contributed by atoms with Crippen molar-refractivity contribution >= 4 is 21.9 Å². The van der Waals surface area contributed by atoms with Crippen LogP contribution in [-0.2, 0) is 12.8 Å². The number of furan rings is 1. The SMILES string of the molecule is Cc1coc2c1c(=O)oc1c3c(ccc12)CCC3. The largest absolute Gasteiger partial charge is 0.463 e. The number of hydrogen-bond donors (Lipinski definition) is 0. The molecule has 18 heavy (non-hydrogen) atoms. The number of aryl methyl sites for hydroxylation is 3. The molecule has 1 aromatic carbocycles. The molecule has 0 bridgehead atoms. The second-order valence-electron chi connectivity index (χ2n) is 4.95. The molecule has 0 amide bonds. The van der Waals surface area contributed by atoms with E-state index < -0.39 is 0 Å². The topological polar surface area (TPSA) is 43.4 Å². The summed E-state index contributed by atoms with van der Waals surface area (Å²) in [6.45, 7) is 1.86. The third kappa shape index (κ3) is 1.11. The summed E-state index contributed by atoms with van der Waals surface area (Å²) in [6.07, 6.45) is 4.81. The van der Waals surface area contributed by atoms with Crippen molar-refractivity contribution in [2.45, 2.75) is 26.2 Å². The average molecular weight is 240 g/mol. The summed E-state index contributed by atoms with van der Waals surface area (Å²) in [5.41, 5.74) is 4.41. The molecule has 3 nitrogen and oxygen atoms in total. The molecule has 3 heteroatoms. The van der Waals surface area contributed by atoms with Crippen LogP contribution in [0.5, 0.6) is 0 Å². The third-order valence-electron chi connectivity index (χ3n) is 3.85. The van der Waals surface area contributed by atoms with E-state index in [1.807, 2.05) is 13.0 Å². The van der Waals surface area contributed by atoms with Gasteiger partial charge in [-0.25, -0.2) is 4.79 Å². The van der Waals surface area contributed by atoms with Crippen molar-refractivity contribution < 1.29 is 8.83 Å². The maximum absolute atomic E-state index is 12.0. The minimum absolute atomic E-state index is 0.288. The van der Waals surface area contributed by atoms with Crippen molar-refractivity contribution in [1.29, 1.82) is 0 Å². The lowest BCUT2D eigenvalue weighted by atomic mass is 10.1. The van der Waals surface area contributed by atoms with Gasteiger partial charge < -0.3 is 8.83 Å². The summed E-state index contributed by atoms with van der Waals surface area (Å²) in [4.78, 5) is 12.0. The lowest BCUT2D eigenvalue weighted by Gasteiger charge is -2.03. The first-order chi connectivity index (χ1) is 8.75. The predicted octanol–water partition coefficient (Wildman–Crippen LogP) is 3.34. The summed E-state index contributed by atoms with van der Waals surface area (Å²) in [5.74, 6) is 0. The molecule has 0 spiro atoms. The Kier molecular flexibility index (Phi) is 1.80. The monoisotopic (exact) mass is 240 g/mol. The molecule has 1 aliphatic rings. The molecule has 0 saturated carbocycles. The van der Waals surface area contributed by atoms with Crippen molar-refractivity contribution in [3.05, 3.63) is 45.5 Å². The van der Waals surface area contributed by atoms with Crippen LogP contribution in [0.2, 0.25) is 0 Å². The highest BCUT2D eigenvalue weighted by Gasteiger charge is 2.20. The van der Waals surface area contributed by atoms with Crippen molar-refractivity contribution in [1.82, 2.24) is 0 Å². The summed E-state index contributed by atoms with van der Waals surface area (Å²) in [5, 5.41) is 1.48. The van der Waals surface area contributed by atoms with Gasteiger partial charge in [0, 0.05) is 5.56 Å². The smallest absolute Gasteiger partial charge is 0.347 e. The number of rotatable bonds is 0. The van der Waals surface area contributed by atoms with E-state index in [1.54, 1.807) is 6.26 Å². The molecular formula is C15H12O3. The maximum Gasteiger partial charge on any atom is 0.347 e. The van der Waals surface area contributed by atoms with Gasteiger partial charge in [0.1, 0.15) is 11.0 Å². The highest BCUT2D eigenvalue weighted by molar-refractivity contribution is 6.03. The van der Waals surface area contributed by atoms with E-state index in [0.717, 1.165) is 35.8 Å². The molecule has 2 heterocycles. The first-order valence-corrected chi connectivity index (χ1v) is 6.21. The fourth-order valence-corrected chi connectivity index (χ4v) is 2.97. The van der Waals surface area contributed by atoms with Crippen LogP contribution >= 0.6 is 0 Å². The number of benzene rings is 1. The van der Waals surface area contributed by atoms with Gasteiger partial charge in [-0.05, 0) is 43.4 Å². The normalized spacial score (nSPS) is 14.5. The van der Waals surface area contributed by atoms with Crippen LogP contribution in [0.25, 0.3) is 21.9 Å². The molecule has 0 radical (unpaired) electrons. The second kappa shape index (κ2) is 3.25. The lowest BCUT2D eigenvalue weighted by Crippen LogP contribution is -2.00. The van der Waals surface area contributed by atoms with Gasteiger partial charge in [0.15, 0.2) is 5.58 Å². The van der Waals surface area contributed by atoms with E-state index >= 15 is 0 Å². The van der Waals surface area contributed by atoms with Crippen LogP contribution in [0.4, 0.5) is 0 Å². The van der Waals surface area contributed by atoms with Crippen LogP contribution in [-0.4, -0.2) is 0 Å². The molecular weight excluding hydrogens is 228 g/mol. The van der Waals surface area contributed by atoms with E-state index in [1.165, 1.54) is 11.1 Å². The molecule has 0 fully saturated rings. The minimum Gasteiger partial charge on any atom is -0.463 e. The zero-order valence-corrected chi connectivity index (χ0v) is 10.1. The Labute approximate surface area is 103 Å². The van der Waals surface area contributed by atoms with E-state index in [2.05, 4.69) is 6.07 Å². The van der Waals surface area contributed by atoms with Gasteiger partial charge >= 0.3 is 5.63 Å². The van der Waals surface area contributed by atoms with Gasteiger partial charge in [0.05, 0.1) is 11.6 Å². The Bertz CT molecular complexity index is 836. The van der Waals surface area contributed by atoms with Gasteiger partial charge in [0.25, 0.3) is 0 Å². The van der Waals surface area contributed by atoms with Crippen LogP contribution in [0.3, 0.4) is 0 Å². The standard InChI is InChI=1S/C15H12O3/c1-8-7-17-14-11-6-5-9-3-2-4-10(9)13(11)18-15(16)12(8)14/h5-7H,2-4H2,1H3. The zero-order valence-electron chi connectivity index (χ0n) is 10.1. The molecule has 0 saturated heterocycles.